The number of nitrogens with zero attached hydrogens (tertiary/aromatic N) is 3. The number of H-pyrrole nitrogens is 1. The van der Waals surface area contributed by atoms with Crippen LogP contribution in [0.4, 0.5) is 0 Å². The highest BCUT2D eigenvalue weighted by molar-refractivity contribution is 5.04. The number of hydrogen-bond acceptors (Lipinski definition) is 5. The molecule has 18 heavy (non-hydrogen) atoms. The smallest absolute Gasteiger partial charge is 0.124 e. The van der Waals surface area contributed by atoms with E-state index in [0.717, 1.165) is 31.0 Å². The van der Waals surface area contributed by atoms with Gasteiger partial charge in [0.05, 0.1) is 17.8 Å². The van der Waals surface area contributed by atoms with E-state index in [0.29, 0.717) is 0 Å². The molecule has 2 aromatic rings. The summed E-state index contributed by atoms with van der Waals surface area (Å²) in [6, 6.07) is 2.14. The van der Waals surface area contributed by atoms with Crippen molar-refractivity contribution in [2.24, 2.45) is 0 Å². The van der Waals surface area contributed by atoms with Gasteiger partial charge in [-0.2, -0.15) is 0 Å². The van der Waals surface area contributed by atoms with E-state index in [1.165, 1.54) is 0 Å². The standard InChI is InChI=1S/C12H16N4O2/c1-17-10-6-11(12-13-3-4-14-12)16(8-10)7-9-2-5-18-15-9/h2-5,10-11H,6-8H2,1H3,(H,13,14)/t10-,11?/m1/s1. The maximum absolute atomic E-state index is 5.46. The van der Waals surface area contributed by atoms with Crippen LogP contribution < -0.4 is 0 Å². The highest BCUT2D eigenvalue weighted by Crippen LogP contribution is 2.32. The van der Waals surface area contributed by atoms with Crippen LogP contribution in [0.3, 0.4) is 0 Å². The van der Waals surface area contributed by atoms with E-state index in [1.807, 2.05) is 12.3 Å². The molecule has 0 aliphatic carbocycles. The van der Waals surface area contributed by atoms with Gasteiger partial charge in [-0.15, -0.1) is 0 Å². The molecule has 1 aliphatic heterocycles. The van der Waals surface area contributed by atoms with Crippen LogP contribution in [0, 0.1) is 0 Å². The fourth-order valence-corrected chi connectivity index (χ4v) is 2.48. The number of hydrogen-bond donors (Lipinski definition) is 1. The van der Waals surface area contributed by atoms with Crippen LogP contribution in [0.15, 0.2) is 29.2 Å². The van der Waals surface area contributed by atoms with Gasteiger partial charge in [0.15, 0.2) is 0 Å². The van der Waals surface area contributed by atoms with Crippen LogP contribution in [0.2, 0.25) is 0 Å². The molecular weight excluding hydrogens is 232 g/mol. The van der Waals surface area contributed by atoms with Crippen molar-refractivity contribution in [1.82, 2.24) is 20.0 Å². The summed E-state index contributed by atoms with van der Waals surface area (Å²) < 4.78 is 10.3. The summed E-state index contributed by atoms with van der Waals surface area (Å²) in [6.07, 6.45) is 6.42. The summed E-state index contributed by atoms with van der Waals surface area (Å²) in [5.41, 5.74) is 0.934. The average Bonchev–Trinajstić information content (AvgIpc) is 3.10. The Kier molecular flexibility index (Phi) is 3.12. The van der Waals surface area contributed by atoms with Crippen LogP contribution in [-0.2, 0) is 11.3 Å². The van der Waals surface area contributed by atoms with Crippen molar-refractivity contribution >= 4 is 0 Å². The number of imidazole rings is 1. The van der Waals surface area contributed by atoms with Crippen molar-refractivity contribution in [3.8, 4) is 0 Å². The lowest BCUT2D eigenvalue weighted by atomic mass is 10.2. The number of aromatic amines is 1. The Morgan fingerprint density at radius 3 is 3.22 bits per heavy atom. The normalized spacial score (nSPS) is 24.7. The van der Waals surface area contributed by atoms with Gasteiger partial charge in [-0.1, -0.05) is 5.16 Å². The van der Waals surface area contributed by atoms with Gasteiger partial charge >= 0.3 is 0 Å². The zero-order chi connectivity index (χ0) is 12.4. The van der Waals surface area contributed by atoms with Gasteiger partial charge in [-0.3, -0.25) is 4.90 Å². The molecule has 2 aromatic heterocycles. The molecule has 0 aromatic carbocycles. The van der Waals surface area contributed by atoms with Crippen molar-refractivity contribution in [1.29, 1.82) is 0 Å². The van der Waals surface area contributed by atoms with Crippen molar-refractivity contribution < 1.29 is 9.26 Å². The fourth-order valence-electron chi connectivity index (χ4n) is 2.48. The molecule has 3 heterocycles. The van der Waals surface area contributed by atoms with Gasteiger partial charge in [0.1, 0.15) is 12.1 Å². The van der Waals surface area contributed by atoms with E-state index in [2.05, 4.69) is 20.0 Å². The Morgan fingerprint density at radius 2 is 2.56 bits per heavy atom. The van der Waals surface area contributed by atoms with E-state index >= 15 is 0 Å². The molecule has 0 bridgehead atoms. The largest absolute Gasteiger partial charge is 0.380 e. The lowest BCUT2D eigenvalue weighted by Crippen LogP contribution is -2.25. The number of likely N-dealkylation sites (tertiary alicyclic amines) is 1. The molecule has 0 amide bonds. The van der Waals surface area contributed by atoms with Crippen LogP contribution in [0.25, 0.3) is 0 Å². The third-order valence-electron chi connectivity index (χ3n) is 3.39. The molecule has 2 atom stereocenters. The lowest BCUT2D eigenvalue weighted by molar-refractivity contribution is 0.107. The Balaban J connectivity index is 1.77. The number of nitrogens with one attached hydrogen (secondary N) is 1. The molecule has 1 aliphatic rings. The molecule has 1 saturated heterocycles. The second-order valence-electron chi connectivity index (χ2n) is 4.50. The highest BCUT2D eigenvalue weighted by Gasteiger charge is 2.34. The lowest BCUT2D eigenvalue weighted by Gasteiger charge is -2.20. The molecule has 3 rings (SSSR count). The van der Waals surface area contributed by atoms with Gasteiger partial charge in [-0.05, 0) is 6.42 Å². The van der Waals surface area contributed by atoms with Gasteiger partial charge in [0.25, 0.3) is 0 Å². The minimum Gasteiger partial charge on any atom is -0.380 e. The van der Waals surface area contributed by atoms with E-state index < -0.39 is 0 Å². The van der Waals surface area contributed by atoms with E-state index in [1.54, 1.807) is 19.6 Å². The number of rotatable bonds is 4. The van der Waals surface area contributed by atoms with Crippen LogP contribution in [-0.4, -0.2) is 39.8 Å². The first-order valence-electron chi connectivity index (χ1n) is 6.02. The minimum atomic E-state index is 0.243. The van der Waals surface area contributed by atoms with Crippen LogP contribution >= 0.6 is 0 Å². The molecule has 1 N–H and O–H groups in total. The number of methoxy groups -OCH3 is 1. The summed E-state index contributed by atoms with van der Waals surface area (Å²) >= 11 is 0. The van der Waals surface area contributed by atoms with Crippen LogP contribution in [0.1, 0.15) is 24.0 Å². The second-order valence-corrected chi connectivity index (χ2v) is 4.50. The summed E-state index contributed by atoms with van der Waals surface area (Å²) in [4.78, 5) is 9.84. The van der Waals surface area contributed by atoms with Gasteiger partial charge in [0.2, 0.25) is 0 Å². The SMILES string of the molecule is CO[C@@H]1CC(c2ncc[nH]2)N(Cc2ccon2)C1. The molecule has 0 saturated carbocycles. The summed E-state index contributed by atoms with van der Waals surface area (Å²) in [5.74, 6) is 0.984. The summed E-state index contributed by atoms with van der Waals surface area (Å²) in [5, 5.41) is 3.96. The van der Waals surface area contributed by atoms with Crippen molar-refractivity contribution in [3.05, 3.63) is 36.2 Å². The molecule has 0 spiro atoms. The topological polar surface area (TPSA) is 67.2 Å². The zero-order valence-corrected chi connectivity index (χ0v) is 10.2. The third kappa shape index (κ3) is 2.16. The maximum Gasteiger partial charge on any atom is 0.124 e. The van der Waals surface area contributed by atoms with Crippen molar-refractivity contribution in [2.45, 2.75) is 25.1 Å². The van der Waals surface area contributed by atoms with Gasteiger partial charge in [-0.25, -0.2) is 4.98 Å². The predicted octanol–water partition coefficient (Wildman–Crippen LogP) is 1.36. The highest BCUT2D eigenvalue weighted by atomic mass is 16.5. The monoisotopic (exact) mass is 248 g/mol. The van der Waals surface area contributed by atoms with E-state index in [9.17, 15) is 0 Å². The molecule has 6 nitrogen and oxygen atoms in total. The van der Waals surface area contributed by atoms with Gasteiger partial charge in [0, 0.05) is 38.7 Å². The van der Waals surface area contributed by atoms with Gasteiger partial charge < -0.3 is 14.2 Å². The molecule has 96 valence electrons. The Labute approximate surface area is 105 Å². The fraction of sp³-hybridized carbons (Fsp3) is 0.500. The first-order valence-corrected chi connectivity index (χ1v) is 6.02. The van der Waals surface area contributed by atoms with E-state index in [4.69, 9.17) is 9.26 Å². The average molecular weight is 248 g/mol. The molecular formula is C12H16N4O2. The Hall–Kier alpha value is -1.66. The first-order chi connectivity index (χ1) is 8.86. The predicted molar refractivity (Wildman–Crippen MR) is 63.7 cm³/mol. The quantitative estimate of drug-likeness (QED) is 0.884. The minimum absolute atomic E-state index is 0.243. The van der Waals surface area contributed by atoms with E-state index in [-0.39, 0.29) is 12.1 Å². The molecule has 1 unspecified atom stereocenters. The maximum atomic E-state index is 5.46. The zero-order valence-electron chi connectivity index (χ0n) is 10.2. The Bertz CT molecular complexity index is 468. The third-order valence-corrected chi connectivity index (χ3v) is 3.39. The molecule has 6 heteroatoms. The Morgan fingerprint density at radius 1 is 1.61 bits per heavy atom. The summed E-state index contributed by atoms with van der Waals surface area (Å²) in [7, 11) is 1.75. The second kappa shape index (κ2) is 4.91. The molecule has 1 fully saturated rings. The molecule has 0 radical (unpaired) electrons. The van der Waals surface area contributed by atoms with Crippen molar-refractivity contribution in [3.63, 3.8) is 0 Å². The van der Waals surface area contributed by atoms with Crippen molar-refractivity contribution in [2.75, 3.05) is 13.7 Å². The number of ether oxygens (including phenoxy) is 1. The first kappa shape index (κ1) is 11.4. The van der Waals surface area contributed by atoms with Crippen LogP contribution in [0.5, 0.6) is 0 Å². The summed E-state index contributed by atoms with van der Waals surface area (Å²) in [6.45, 7) is 1.64. The number of aromatic nitrogens is 3.